The van der Waals surface area contributed by atoms with Crippen LogP contribution in [0.2, 0.25) is 0 Å². The summed E-state index contributed by atoms with van der Waals surface area (Å²) in [5.41, 5.74) is 3.68. The fourth-order valence-electron chi connectivity index (χ4n) is 2.94. The maximum absolute atomic E-state index is 11.8. The Morgan fingerprint density at radius 1 is 1.41 bits per heavy atom. The van der Waals surface area contributed by atoms with Crippen molar-refractivity contribution in [2.75, 3.05) is 13.7 Å². The number of methoxy groups -OCH3 is 1. The summed E-state index contributed by atoms with van der Waals surface area (Å²) in [6.45, 7) is 5.07. The van der Waals surface area contributed by atoms with E-state index in [4.69, 9.17) is 4.74 Å². The second-order valence-electron chi connectivity index (χ2n) is 6.40. The van der Waals surface area contributed by atoms with E-state index in [-0.39, 0.29) is 11.8 Å². The van der Waals surface area contributed by atoms with E-state index in [2.05, 4.69) is 36.3 Å². The molecule has 1 fully saturated rings. The molecule has 1 heterocycles. The fourth-order valence-corrected chi connectivity index (χ4v) is 2.94. The Bertz CT molecular complexity index is 684. The number of nitrogens with one attached hydrogen (secondary N) is 2. The third kappa shape index (κ3) is 2.96. The van der Waals surface area contributed by atoms with Gasteiger partial charge in [0.05, 0.1) is 7.11 Å². The average molecular weight is 300 g/mol. The van der Waals surface area contributed by atoms with Gasteiger partial charge in [-0.3, -0.25) is 4.79 Å². The molecule has 118 valence electrons. The number of hydrogen-bond donors (Lipinski definition) is 2. The van der Waals surface area contributed by atoms with Crippen molar-refractivity contribution in [3.05, 3.63) is 29.5 Å². The fraction of sp³-hybridized carbons (Fsp3) is 0.500. The smallest absolute Gasteiger partial charge is 0.223 e. The standard InChI is InChI=1S/C18H24N2O2/c1-11(2)17-14(8-9-19-18(21)12-4-5-12)15-10-13(22-3)6-7-16(15)20-17/h6-7,10-12,20H,4-5,8-9H2,1-3H3,(H,19,21). The third-order valence-corrected chi connectivity index (χ3v) is 4.35. The van der Waals surface area contributed by atoms with Gasteiger partial charge in [-0.1, -0.05) is 13.8 Å². The number of carbonyl (C=O) groups is 1. The van der Waals surface area contributed by atoms with E-state index < -0.39 is 0 Å². The molecule has 1 aliphatic rings. The number of carbonyl (C=O) groups excluding carboxylic acids is 1. The zero-order valence-electron chi connectivity index (χ0n) is 13.5. The topological polar surface area (TPSA) is 54.1 Å². The number of amides is 1. The number of rotatable bonds is 6. The van der Waals surface area contributed by atoms with Crippen LogP contribution in [-0.2, 0) is 11.2 Å². The van der Waals surface area contributed by atoms with Crippen molar-refractivity contribution in [3.63, 3.8) is 0 Å². The molecule has 0 spiro atoms. The molecule has 4 nitrogen and oxygen atoms in total. The molecule has 1 aromatic carbocycles. The van der Waals surface area contributed by atoms with Crippen LogP contribution in [0.15, 0.2) is 18.2 Å². The van der Waals surface area contributed by atoms with Crippen LogP contribution in [0.25, 0.3) is 10.9 Å². The lowest BCUT2D eigenvalue weighted by Gasteiger charge is -2.09. The predicted molar refractivity (Wildman–Crippen MR) is 88.4 cm³/mol. The molecule has 4 heteroatoms. The molecule has 0 unspecified atom stereocenters. The van der Waals surface area contributed by atoms with Crippen LogP contribution in [0.5, 0.6) is 5.75 Å². The molecule has 1 amide bonds. The van der Waals surface area contributed by atoms with Gasteiger partial charge in [0.1, 0.15) is 5.75 Å². The van der Waals surface area contributed by atoms with Crippen LogP contribution in [0, 0.1) is 5.92 Å². The number of ether oxygens (including phenoxy) is 1. The Kier molecular flexibility index (Phi) is 4.10. The molecule has 22 heavy (non-hydrogen) atoms. The summed E-state index contributed by atoms with van der Waals surface area (Å²) < 4.78 is 5.35. The molecular formula is C18H24N2O2. The number of aromatic nitrogens is 1. The average Bonchev–Trinajstić information content (AvgIpc) is 3.29. The number of fused-ring (bicyclic) bond motifs is 1. The molecule has 0 bridgehead atoms. The molecule has 3 rings (SSSR count). The van der Waals surface area contributed by atoms with Gasteiger partial charge >= 0.3 is 0 Å². The van der Waals surface area contributed by atoms with Gasteiger partial charge in [-0.15, -0.1) is 0 Å². The second kappa shape index (κ2) is 6.03. The van der Waals surface area contributed by atoms with Gasteiger partial charge in [0.15, 0.2) is 0 Å². The van der Waals surface area contributed by atoms with Gasteiger partial charge in [-0.2, -0.15) is 0 Å². The van der Waals surface area contributed by atoms with E-state index in [1.165, 1.54) is 16.6 Å². The minimum absolute atomic E-state index is 0.212. The molecule has 0 radical (unpaired) electrons. The predicted octanol–water partition coefficient (Wildman–Crippen LogP) is 3.37. The minimum atomic E-state index is 0.212. The minimum Gasteiger partial charge on any atom is -0.497 e. The zero-order valence-corrected chi connectivity index (χ0v) is 13.5. The lowest BCUT2D eigenvalue weighted by molar-refractivity contribution is -0.122. The normalized spacial score (nSPS) is 14.5. The summed E-state index contributed by atoms with van der Waals surface area (Å²) >= 11 is 0. The van der Waals surface area contributed by atoms with Gasteiger partial charge < -0.3 is 15.0 Å². The Hall–Kier alpha value is -1.97. The van der Waals surface area contributed by atoms with E-state index >= 15 is 0 Å². The second-order valence-corrected chi connectivity index (χ2v) is 6.40. The molecule has 1 aliphatic carbocycles. The first kappa shape index (κ1) is 14.9. The van der Waals surface area contributed by atoms with Gasteiger partial charge in [0.2, 0.25) is 5.91 Å². The maximum Gasteiger partial charge on any atom is 0.223 e. The van der Waals surface area contributed by atoms with Crippen LogP contribution < -0.4 is 10.1 Å². The van der Waals surface area contributed by atoms with Gasteiger partial charge in [0.25, 0.3) is 0 Å². The SMILES string of the molecule is COc1ccc2[nH]c(C(C)C)c(CCNC(=O)C3CC3)c2c1. The molecule has 1 saturated carbocycles. The number of aromatic amines is 1. The summed E-state index contributed by atoms with van der Waals surface area (Å²) in [4.78, 5) is 15.3. The highest BCUT2D eigenvalue weighted by molar-refractivity contribution is 5.86. The van der Waals surface area contributed by atoms with Crippen molar-refractivity contribution in [2.45, 2.75) is 39.0 Å². The first-order valence-electron chi connectivity index (χ1n) is 8.06. The molecular weight excluding hydrogens is 276 g/mol. The van der Waals surface area contributed by atoms with E-state index in [0.29, 0.717) is 12.5 Å². The Morgan fingerprint density at radius 2 is 2.18 bits per heavy atom. The van der Waals surface area contributed by atoms with Gasteiger partial charge in [-0.25, -0.2) is 0 Å². The maximum atomic E-state index is 11.8. The number of H-pyrrole nitrogens is 1. The summed E-state index contributed by atoms with van der Waals surface area (Å²) in [5, 5.41) is 4.26. The van der Waals surface area contributed by atoms with E-state index in [0.717, 1.165) is 30.5 Å². The summed E-state index contributed by atoms with van der Waals surface area (Å²) in [7, 11) is 1.69. The van der Waals surface area contributed by atoms with Crippen LogP contribution in [0.1, 0.15) is 43.9 Å². The molecule has 0 atom stereocenters. The highest BCUT2D eigenvalue weighted by Gasteiger charge is 2.29. The van der Waals surface area contributed by atoms with Crippen LogP contribution in [-0.4, -0.2) is 24.5 Å². The quantitative estimate of drug-likeness (QED) is 0.859. The highest BCUT2D eigenvalue weighted by atomic mass is 16.5. The summed E-state index contributed by atoms with van der Waals surface area (Å²) in [6.07, 6.45) is 2.94. The number of hydrogen-bond acceptors (Lipinski definition) is 2. The van der Waals surface area contributed by atoms with Crippen LogP contribution >= 0.6 is 0 Å². The third-order valence-electron chi connectivity index (χ3n) is 4.35. The molecule has 2 N–H and O–H groups in total. The monoisotopic (exact) mass is 300 g/mol. The van der Waals surface area contributed by atoms with E-state index in [1.807, 2.05) is 6.07 Å². The van der Waals surface area contributed by atoms with Crippen molar-refractivity contribution in [1.82, 2.24) is 10.3 Å². The Balaban J connectivity index is 1.83. The molecule has 2 aromatic rings. The number of benzene rings is 1. The van der Waals surface area contributed by atoms with Crippen LogP contribution in [0.4, 0.5) is 0 Å². The lowest BCUT2D eigenvalue weighted by Crippen LogP contribution is -2.27. The first-order chi connectivity index (χ1) is 10.6. The summed E-state index contributed by atoms with van der Waals surface area (Å²) in [5.74, 6) is 1.77. The Morgan fingerprint density at radius 3 is 2.82 bits per heavy atom. The van der Waals surface area contributed by atoms with Crippen molar-refractivity contribution in [3.8, 4) is 5.75 Å². The van der Waals surface area contributed by atoms with Crippen LogP contribution in [0.3, 0.4) is 0 Å². The molecule has 0 aliphatic heterocycles. The lowest BCUT2D eigenvalue weighted by atomic mass is 10.0. The zero-order chi connectivity index (χ0) is 15.7. The van der Waals surface area contributed by atoms with Crippen molar-refractivity contribution in [1.29, 1.82) is 0 Å². The molecule has 0 saturated heterocycles. The molecule has 1 aromatic heterocycles. The first-order valence-corrected chi connectivity index (χ1v) is 8.06. The highest BCUT2D eigenvalue weighted by Crippen LogP contribution is 2.31. The van der Waals surface area contributed by atoms with Crippen molar-refractivity contribution >= 4 is 16.8 Å². The summed E-state index contributed by atoms with van der Waals surface area (Å²) in [6, 6.07) is 6.11. The Labute approximate surface area is 131 Å². The van der Waals surface area contributed by atoms with Crippen molar-refractivity contribution in [2.24, 2.45) is 5.92 Å². The van der Waals surface area contributed by atoms with Gasteiger partial charge in [0, 0.05) is 29.1 Å². The van der Waals surface area contributed by atoms with E-state index in [1.54, 1.807) is 7.11 Å². The van der Waals surface area contributed by atoms with E-state index in [9.17, 15) is 4.79 Å². The largest absolute Gasteiger partial charge is 0.497 e. The van der Waals surface area contributed by atoms with Crippen molar-refractivity contribution < 1.29 is 9.53 Å². The van der Waals surface area contributed by atoms with Gasteiger partial charge in [-0.05, 0) is 48.9 Å².